The Kier molecular flexibility index (Phi) is 41.6. The predicted octanol–water partition coefficient (Wildman–Crippen LogP) is 12.3. The zero-order chi connectivity index (χ0) is 47.3. The van der Waals surface area contributed by atoms with Gasteiger partial charge in [-0.15, -0.1) is 0 Å². The van der Waals surface area contributed by atoms with E-state index in [1.807, 2.05) is 12.2 Å². The van der Waals surface area contributed by atoms with Crippen molar-refractivity contribution >= 4 is 11.9 Å². The number of rotatable bonds is 43. The van der Waals surface area contributed by atoms with Gasteiger partial charge in [0.25, 0.3) is 0 Å². The van der Waals surface area contributed by atoms with Crippen molar-refractivity contribution in [3.8, 4) is 0 Å². The normalized spacial score (nSPS) is 19.9. The van der Waals surface area contributed by atoms with Gasteiger partial charge in [0, 0.05) is 12.8 Å². The number of hydrogen-bond donors (Lipinski definition) is 4. The first-order chi connectivity index (χ1) is 31.8. The molecular weight excluding hydrogens is 821 g/mol. The molecule has 1 rings (SSSR count). The molecule has 6 unspecified atom stereocenters. The number of aliphatic hydroxyl groups is 4. The van der Waals surface area contributed by atoms with E-state index in [1.165, 1.54) is 116 Å². The summed E-state index contributed by atoms with van der Waals surface area (Å²) in [6.07, 6.45) is 50.7. The number of allylic oxidation sites excluding steroid dienone is 12. The van der Waals surface area contributed by atoms with E-state index in [1.54, 1.807) is 0 Å². The standard InChI is InChI=1S/C55H94O10/c1-3-5-7-9-11-13-15-17-19-21-23-24-26-27-29-31-33-35-37-39-41-43-50(57)62-46-48(47-63-55-54(61)53(60)52(59)49(45-56)65-55)64-51(58)44-42-40-38-36-34-32-30-28-25-22-20-18-16-14-12-10-8-6-4-2/h6,8,12,14,18,20,25,28,32,34,38,40,48-49,52-56,59-61H,3-5,7,9-11,13,15-17,19,21-24,26-27,29-31,33,35-37,39,41-47H2,1-2H3/b8-6-,14-12-,20-18-,28-25-,34-32-,40-38-. The molecule has 0 spiro atoms. The summed E-state index contributed by atoms with van der Waals surface area (Å²) >= 11 is 0. The van der Waals surface area contributed by atoms with Gasteiger partial charge >= 0.3 is 11.9 Å². The van der Waals surface area contributed by atoms with Crippen LogP contribution in [-0.4, -0.2) is 89.0 Å². The molecule has 0 aromatic heterocycles. The minimum absolute atomic E-state index is 0.103. The summed E-state index contributed by atoms with van der Waals surface area (Å²) in [7, 11) is 0. The lowest BCUT2D eigenvalue weighted by atomic mass is 9.99. The van der Waals surface area contributed by atoms with Crippen LogP contribution >= 0.6 is 0 Å². The highest BCUT2D eigenvalue weighted by Crippen LogP contribution is 2.23. The molecule has 6 atom stereocenters. The average molecular weight is 915 g/mol. The third-order valence-electron chi connectivity index (χ3n) is 11.6. The number of esters is 2. The molecule has 0 aromatic rings. The Hall–Kier alpha value is -2.86. The summed E-state index contributed by atoms with van der Waals surface area (Å²) in [5, 5.41) is 40.2. The van der Waals surface area contributed by atoms with Crippen LogP contribution in [-0.2, 0) is 28.5 Å². The predicted molar refractivity (Wildman–Crippen MR) is 265 cm³/mol. The van der Waals surface area contributed by atoms with Crippen LogP contribution in [0.5, 0.6) is 0 Å². The van der Waals surface area contributed by atoms with Crippen LogP contribution in [0.25, 0.3) is 0 Å². The fourth-order valence-corrected chi connectivity index (χ4v) is 7.57. The third kappa shape index (κ3) is 35.9. The fourth-order valence-electron chi connectivity index (χ4n) is 7.57. The van der Waals surface area contributed by atoms with Crippen molar-refractivity contribution in [2.75, 3.05) is 19.8 Å². The van der Waals surface area contributed by atoms with Crippen LogP contribution in [0.1, 0.15) is 206 Å². The summed E-state index contributed by atoms with van der Waals surface area (Å²) in [4.78, 5) is 25.4. The third-order valence-corrected chi connectivity index (χ3v) is 11.6. The number of unbranched alkanes of at least 4 members (excludes halogenated alkanes) is 20. The maximum Gasteiger partial charge on any atom is 0.306 e. The highest BCUT2D eigenvalue weighted by atomic mass is 16.7. The van der Waals surface area contributed by atoms with E-state index in [9.17, 15) is 30.0 Å². The number of carbonyl (C=O) groups is 2. The van der Waals surface area contributed by atoms with Crippen molar-refractivity contribution in [2.45, 2.75) is 243 Å². The molecule has 0 aliphatic carbocycles. The summed E-state index contributed by atoms with van der Waals surface area (Å²) in [6.45, 7) is 3.26. The Morgan fingerprint density at radius 3 is 1.34 bits per heavy atom. The lowest BCUT2D eigenvalue weighted by Crippen LogP contribution is -2.59. The maximum absolute atomic E-state index is 12.8. The van der Waals surface area contributed by atoms with Crippen LogP contribution in [0.15, 0.2) is 72.9 Å². The van der Waals surface area contributed by atoms with Crippen LogP contribution in [0.4, 0.5) is 0 Å². The van der Waals surface area contributed by atoms with Gasteiger partial charge in [-0.25, -0.2) is 0 Å². The number of carbonyl (C=O) groups excluding carboxylic acids is 2. The van der Waals surface area contributed by atoms with E-state index < -0.39 is 55.4 Å². The van der Waals surface area contributed by atoms with Gasteiger partial charge in [0.1, 0.15) is 31.0 Å². The van der Waals surface area contributed by atoms with Crippen molar-refractivity contribution in [2.24, 2.45) is 0 Å². The lowest BCUT2D eigenvalue weighted by molar-refractivity contribution is -0.305. The van der Waals surface area contributed by atoms with Gasteiger partial charge < -0.3 is 39.4 Å². The molecule has 10 nitrogen and oxygen atoms in total. The molecule has 0 radical (unpaired) electrons. The van der Waals surface area contributed by atoms with Gasteiger partial charge in [-0.3, -0.25) is 9.59 Å². The first-order valence-electron chi connectivity index (χ1n) is 26.0. The van der Waals surface area contributed by atoms with Crippen LogP contribution in [0, 0.1) is 0 Å². The average Bonchev–Trinajstić information content (AvgIpc) is 3.30. The first-order valence-corrected chi connectivity index (χ1v) is 26.0. The molecule has 0 saturated carbocycles. The highest BCUT2D eigenvalue weighted by Gasteiger charge is 2.44. The fraction of sp³-hybridized carbons (Fsp3) is 0.745. The lowest BCUT2D eigenvalue weighted by Gasteiger charge is -2.39. The molecular formula is C55H94O10. The molecule has 0 amide bonds. The van der Waals surface area contributed by atoms with Crippen molar-refractivity contribution in [3.63, 3.8) is 0 Å². The summed E-state index contributed by atoms with van der Waals surface area (Å²) in [5.74, 6) is -0.901. The van der Waals surface area contributed by atoms with Crippen LogP contribution < -0.4 is 0 Å². The van der Waals surface area contributed by atoms with E-state index >= 15 is 0 Å². The van der Waals surface area contributed by atoms with Crippen molar-refractivity contribution in [1.82, 2.24) is 0 Å². The van der Waals surface area contributed by atoms with Crippen molar-refractivity contribution in [1.29, 1.82) is 0 Å². The SMILES string of the molecule is CC/C=C\C/C=C\C/C=C\C/C=C\C/C=C\C/C=C\CCC(=O)OC(COC(=O)CCCCCCCCCCCCCCCCCCCCCCC)COC1OC(CO)C(O)C(O)C1O. The Morgan fingerprint density at radius 2 is 0.908 bits per heavy atom. The zero-order valence-electron chi connectivity index (χ0n) is 41.0. The maximum atomic E-state index is 12.8. The molecule has 1 saturated heterocycles. The number of hydrogen-bond acceptors (Lipinski definition) is 10. The smallest absolute Gasteiger partial charge is 0.306 e. The molecule has 374 valence electrons. The number of ether oxygens (including phenoxy) is 4. The summed E-state index contributed by atoms with van der Waals surface area (Å²) < 4.78 is 22.2. The second-order valence-electron chi connectivity index (χ2n) is 17.6. The molecule has 1 heterocycles. The molecule has 1 aliphatic rings. The topological polar surface area (TPSA) is 152 Å². The number of aliphatic hydroxyl groups excluding tert-OH is 4. The van der Waals surface area contributed by atoms with Gasteiger partial charge in [0.15, 0.2) is 12.4 Å². The van der Waals surface area contributed by atoms with Crippen LogP contribution in [0.3, 0.4) is 0 Å². The Labute approximate surface area is 395 Å². The molecule has 1 aliphatic heterocycles. The van der Waals surface area contributed by atoms with E-state index in [4.69, 9.17) is 18.9 Å². The molecule has 1 fully saturated rings. The van der Waals surface area contributed by atoms with Gasteiger partial charge in [-0.05, 0) is 51.4 Å². The second kappa shape index (κ2) is 44.9. The zero-order valence-corrected chi connectivity index (χ0v) is 41.0. The molecule has 10 heteroatoms. The van der Waals surface area contributed by atoms with Crippen molar-refractivity contribution in [3.05, 3.63) is 72.9 Å². The Morgan fingerprint density at radius 1 is 0.492 bits per heavy atom. The summed E-state index contributed by atoms with van der Waals surface area (Å²) in [5.41, 5.74) is 0. The monoisotopic (exact) mass is 915 g/mol. The Balaban J connectivity index is 2.30. The van der Waals surface area contributed by atoms with E-state index in [0.29, 0.717) is 6.42 Å². The minimum Gasteiger partial charge on any atom is -0.462 e. The Bertz CT molecular complexity index is 1290. The quantitative estimate of drug-likeness (QED) is 0.0264. The van der Waals surface area contributed by atoms with Gasteiger partial charge in [0.05, 0.1) is 13.2 Å². The van der Waals surface area contributed by atoms with Gasteiger partial charge in [0.2, 0.25) is 0 Å². The van der Waals surface area contributed by atoms with Crippen LogP contribution in [0.2, 0.25) is 0 Å². The summed E-state index contributed by atoms with van der Waals surface area (Å²) in [6, 6.07) is 0. The van der Waals surface area contributed by atoms with Crippen molar-refractivity contribution < 1.29 is 49.0 Å². The van der Waals surface area contributed by atoms with Gasteiger partial charge in [-0.2, -0.15) is 0 Å². The van der Waals surface area contributed by atoms with E-state index in [2.05, 4.69) is 74.6 Å². The molecule has 4 N–H and O–H groups in total. The molecule has 65 heavy (non-hydrogen) atoms. The highest BCUT2D eigenvalue weighted by molar-refractivity contribution is 5.70. The first kappa shape index (κ1) is 60.2. The van der Waals surface area contributed by atoms with Gasteiger partial charge in [-0.1, -0.05) is 215 Å². The van der Waals surface area contributed by atoms with E-state index in [0.717, 1.165) is 57.8 Å². The largest absolute Gasteiger partial charge is 0.462 e. The molecule has 0 bridgehead atoms. The molecule has 0 aromatic carbocycles. The second-order valence-corrected chi connectivity index (χ2v) is 17.6. The minimum atomic E-state index is -1.61. The van der Waals surface area contributed by atoms with E-state index in [-0.39, 0.29) is 26.1 Å².